The molecule has 0 atom stereocenters. The molecule has 0 amide bonds. The van der Waals surface area contributed by atoms with Gasteiger partial charge in [0.1, 0.15) is 0 Å². The van der Waals surface area contributed by atoms with Crippen LogP contribution in [0.1, 0.15) is 5.69 Å². The lowest BCUT2D eigenvalue weighted by molar-refractivity contribution is 0.918. The molecule has 0 spiro atoms. The highest BCUT2D eigenvalue weighted by atomic mass is 79.9. The lowest BCUT2D eigenvalue weighted by atomic mass is 10.2. The van der Waals surface area contributed by atoms with Crippen LogP contribution in [0.15, 0.2) is 22.7 Å². The Labute approximate surface area is 85.5 Å². The normalized spacial score (nSPS) is 11.0. The summed E-state index contributed by atoms with van der Waals surface area (Å²) < 4.78 is 3.11. The molecule has 13 heavy (non-hydrogen) atoms. The molecule has 0 aliphatic rings. The molecule has 0 aliphatic carbocycles. The standard InChI is InChI=1S/C10H11BrN2/c1-6-3-7-4-9(12)8(11)5-10(7)13(6)2/h3-5H,12H2,1-2H3. The van der Waals surface area contributed by atoms with Gasteiger partial charge >= 0.3 is 0 Å². The van der Waals surface area contributed by atoms with Gasteiger partial charge in [-0.3, -0.25) is 0 Å². The number of rotatable bonds is 0. The predicted octanol–water partition coefficient (Wildman–Crippen LogP) is 2.83. The molecule has 0 saturated carbocycles. The second kappa shape index (κ2) is 2.77. The maximum absolute atomic E-state index is 5.79. The molecule has 0 fully saturated rings. The number of aromatic nitrogens is 1. The zero-order valence-electron chi connectivity index (χ0n) is 7.63. The molecule has 0 aliphatic heterocycles. The van der Waals surface area contributed by atoms with Crippen molar-refractivity contribution in [2.24, 2.45) is 7.05 Å². The van der Waals surface area contributed by atoms with E-state index in [0.717, 1.165) is 10.2 Å². The van der Waals surface area contributed by atoms with Gasteiger partial charge in [0.25, 0.3) is 0 Å². The van der Waals surface area contributed by atoms with E-state index >= 15 is 0 Å². The molecule has 2 aromatic rings. The topological polar surface area (TPSA) is 30.9 Å². The van der Waals surface area contributed by atoms with E-state index in [4.69, 9.17) is 5.73 Å². The van der Waals surface area contributed by atoms with Crippen LogP contribution in [0.25, 0.3) is 10.9 Å². The van der Waals surface area contributed by atoms with Gasteiger partial charge in [0.05, 0.1) is 0 Å². The van der Waals surface area contributed by atoms with Crippen molar-refractivity contribution < 1.29 is 0 Å². The molecular weight excluding hydrogens is 228 g/mol. The molecule has 1 aromatic carbocycles. The number of hydrogen-bond donors (Lipinski definition) is 1. The largest absolute Gasteiger partial charge is 0.398 e. The van der Waals surface area contributed by atoms with Gasteiger partial charge in [-0.15, -0.1) is 0 Å². The summed E-state index contributed by atoms with van der Waals surface area (Å²) >= 11 is 3.42. The lowest BCUT2D eigenvalue weighted by Gasteiger charge is -2.01. The van der Waals surface area contributed by atoms with E-state index < -0.39 is 0 Å². The van der Waals surface area contributed by atoms with Crippen LogP contribution in [0.2, 0.25) is 0 Å². The van der Waals surface area contributed by atoms with Crippen molar-refractivity contribution in [1.82, 2.24) is 4.57 Å². The molecule has 2 rings (SSSR count). The highest BCUT2D eigenvalue weighted by molar-refractivity contribution is 9.10. The number of anilines is 1. The molecule has 1 aromatic heterocycles. The van der Waals surface area contributed by atoms with E-state index in [1.807, 2.05) is 6.07 Å². The maximum Gasteiger partial charge on any atom is 0.0492 e. The summed E-state index contributed by atoms with van der Waals surface area (Å²) in [5, 5.41) is 1.20. The van der Waals surface area contributed by atoms with Crippen molar-refractivity contribution in [3.05, 3.63) is 28.4 Å². The van der Waals surface area contributed by atoms with Crippen LogP contribution in [0, 0.1) is 6.92 Å². The summed E-state index contributed by atoms with van der Waals surface area (Å²) in [5.74, 6) is 0. The Balaban J connectivity index is 2.89. The van der Waals surface area contributed by atoms with Crippen LogP contribution >= 0.6 is 15.9 Å². The Morgan fingerprint density at radius 1 is 1.31 bits per heavy atom. The first-order valence-corrected chi connectivity index (χ1v) is 4.90. The Kier molecular flexibility index (Phi) is 1.84. The van der Waals surface area contributed by atoms with Crippen LogP contribution in [0.4, 0.5) is 5.69 Å². The van der Waals surface area contributed by atoms with E-state index in [1.165, 1.54) is 16.6 Å². The first kappa shape index (κ1) is 8.63. The number of benzene rings is 1. The fourth-order valence-electron chi connectivity index (χ4n) is 1.52. The zero-order chi connectivity index (χ0) is 9.59. The third-order valence-electron chi connectivity index (χ3n) is 2.40. The van der Waals surface area contributed by atoms with Gasteiger partial charge in [-0.2, -0.15) is 0 Å². The minimum Gasteiger partial charge on any atom is -0.398 e. The summed E-state index contributed by atoms with van der Waals surface area (Å²) in [4.78, 5) is 0. The Morgan fingerprint density at radius 3 is 2.69 bits per heavy atom. The fourth-order valence-corrected chi connectivity index (χ4v) is 1.85. The van der Waals surface area contributed by atoms with E-state index in [2.05, 4.69) is 46.6 Å². The summed E-state index contributed by atoms with van der Waals surface area (Å²) in [6, 6.07) is 6.18. The van der Waals surface area contributed by atoms with Gasteiger partial charge in [0.15, 0.2) is 0 Å². The minimum absolute atomic E-state index is 0.790. The van der Waals surface area contributed by atoms with Gasteiger partial charge in [0, 0.05) is 33.8 Å². The minimum atomic E-state index is 0.790. The van der Waals surface area contributed by atoms with E-state index in [0.29, 0.717) is 0 Å². The van der Waals surface area contributed by atoms with Crippen LogP contribution in [-0.2, 0) is 7.05 Å². The van der Waals surface area contributed by atoms with Gasteiger partial charge in [-0.25, -0.2) is 0 Å². The fraction of sp³-hybridized carbons (Fsp3) is 0.200. The van der Waals surface area contributed by atoms with Crippen molar-refractivity contribution in [2.75, 3.05) is 5.73 Å². The lowest BCUT2D eigenvalue weighted by Crippen LogP contribution is -1.90. The van der Waals surface area contributed by atoms with Crippen molar-refractivity contribution >= 4 is 32.5 Å². The van der Waals surface area contributed by atoms with Crippen LogP contribution < -0.4 is 5.73 Å². The zero-order valence-corrected chi connectivity index (χ0v) is 9.22. The highest BCUT2D eigenvalue weighted by Crippen LogP contribution is 2.27. The van der Waals surface area contributed by atoms with Gasteiger partial charge < -0.3 is 10.3 Å². The molecule has 68 valence electrons. The Morgan fingerprint density at radius 2 is 2.00 bits per heavy atom. The average Bonchev–Trinajstić information content (AvgIpc) is 2.32. The summed E-state index contributed by atoms with van der Waals surface area (Å²) in [6.45, 7) is 2.09. The second-order valence-corrected chi connectivity index (χ2v) is 4.13. The third kappa shape index (κ3) is 1.23. The number of nitrogens with two attached hydrogens (primary N) is 1. The van der Waals surface area contributed by atoms with Crippen molar-refractivity contribution in [3.63, 3.8) is 0 Å². The molecule has 3 heteroatoms. The van der Waals surface area contributed by atoms with Crippen molar-refractivity contribution in [1.29, 1.82) is 0 Å². The highest BCUT2D eigenvalue weighted by Gasteiger charge is 2.04. The number of nitrogen functional groups attached to an aromatic ring is 1. The summed E-state index contributed by atoms with van der Waals surface area (Å²) in [6.07, 6.45) is 0. The quantitative estimate of drug-likeness (QED) is 0.704. The molecule has 2 N–H and O–H groups in total. The SMILES string of the molecule is Cc1cc2cc(N)c(Br)cc2n1C. The molecule has 1 heterocycles. The molecule has 0 unspecified atom stereocenters. The summed E-state index contributed by atoms with van der Waals surface area (Å²) in [7, 11) is 2.06. The number of halogens is 1. The second-order valence-electron chi connectivity index (χ2n) is 3.28. The average molecular weight is 239 g/mol. The monoisotopic (exact) mass is 238 g/mol. The smallest absolute Gasteiger partial charge is 0.0492 e. The number of hydrogen-bond acceptors (Lipinski definition) is 1. The van der Waals surface area contributed by atoms with Gasteiger partial charge in [0.2, 0.25) is 0 Å². The van der Waals surface area contributed by atoms with E-state index in [1.54, 1.807) is 0 Å². The molecule has 0 saturated heterocycles. The maximum atomic E-state index is 5.79. The van der Waals surface area contributed by atoms with E-state index in [9.17, 15) is 0 Å². The molecule has 2 nitrogen and oxygen atoms in total. The predicted molar refractivity (Wildman–Crippen MR) is 59.8 cm³/mol. The van der Waals surface area contributed by atoms with Crippen molar-refractivity contribution in [3.8, 4) is 0 Å². The summed E-state index contributed by atoms with van der Waals surface area (Å²) in [5.41, 5.74) is 9.03. The van der Waals surface area contributed by atoms with Crippen LogP contribution in [0.5, 0.6) is 0 Å². The molecule has 0 bridgehead atoms. The molecular formula is C10H11BrN2. The Bertz CT molecular complexity index is 471. The van der Waals surface area contributed by atoms with Gasteiger partial charge in [-0.1, -0.05) is 0 Å². The van der Waals surface area contributed by atoms with Gasteiger partial charge in [-0.05, 0) is 41.1 Å². The Hall–Kier alpha value is -0.960. The number of fused-ring (bicyclic) bond motifs is 1. The number of aryl methyl sites for hydroxylation is 2. The van der Waals surface area contributed by atoms with Crippen LogP contribution in [-0.4, -0.2) is 4.57 Å². The number of nitrogens with zero attached hydrogens (tertiary/aromatic N) is 1. The first-order chi connectivity index (χ1) is 6.09. The molecule has 0 radical (unpaired) electrons. The van der Waals surface area contributed by atoms with Crippen LogP contribution in [0.3, 0.4) is 0 Å². The van der Waals surface area contributed by atoms with E-state index in [-0.39, 0.29) is 0 Å². The third-order valence-corrected chi connectivity index (χ3v) is 3.09. The first-order valence-electron chi connectivity index (χ1n) is 4.10. The van der Waals surface area contributed by atoms with Crippen molar-refractivity contribution in [2.45, 2.75) is 6.92 Å².